The van der Waals surface area contributed by atoms with Crippen LogP contribution in [0.15, 0.2) is 0 Å². The highest BCUT2D eigenvalue weighted by molar-refractivity contribution is 4.78. The quantitative estimate of drug-likeness (QED) is 0.265. The predicted octanol–water partition coefficient (Wildman–Crippen LogP) is 13.5. The van der Waals surface area contributed by atoms with Crippen LogP contribution in [0.2, 0.25) is 0 Å². The highest BCUT2D eigenvalue weighted by atomic mass is 14.3. The lowest BCUT2D eigenvalue weighted by Gasteiger charge is -2.37. The van der Waals surface area contributed by atoms with E-state index in [0.717, 1.165) is 71.0 Å². The number of hydrogen-bond donors (Lipinski definition) is 0. The summed E-state index contributed by atoms with van der Waals surface area (Å²) in [5.41, 5.74) is 0.461. The fourth-order valence-electron chi connectivity index (χ4n) is 7.73. The molecule has 0 nitrogen and oxygen atoms in total. The van der Waals surface area contributed by atoms with Crippen molar-refractivity contribution in [2.75, 3.05) is 0 Å². The van der Waals surface area contributed by atoms with Crippen LogP contribution in [0.4, 0.5) is 0 Å². The molecule has 0 atom stereocenters. The zero-order valence-corrected chi connectivity index (χ0v) is 30.8. The van der Waals surface area contributed by atoms with E-state index in [0.29, 0.717) is 5.41 Å². The van der Waals surface area contributed by atoms with Gasteiger partial charge in [0.1, 0.15) is 0 Å². The van der Waals surface area contributed by atoms with Gasteiger partial charge in [0.05, 0.1) is 0 Å². The van der Waals surface area contributed by atoms with E-state index in [2.05, 4.69) is 152 Å². The summed E-state index contributed by atoms with van der Waals surface area (Å²) in [4.78, 5) is 0. The molecule has 0 amide bonds. The Balaban J connectivity index is -0.000000199. The molecule has 0 rings (SSSR count). The lowest BCUT2D eigenvalue weighted by atomic mass is 9.69. The second-order valence-electron chi connectivity index (χ2n) is 16.3. The maximum Gasteiger partial charge on any atom is -0.0319 e. The minimum Gasteiger partial charge on any atom is -0.0651 e. The molecule has 0 saturated heterocycles. The Morgan fingerprint density at radius 1 is 0.405 bits per heavy atom. The molecule has 0 heteroatoms. The molecule has 0 heterocycles. The van der Waals surface area contributed by atoms with Crippen LogP contribution in [0.3, 0.4) is 0 Å². The van der Waals surface area contributed by atoms with Crippen molar-refractivity contribution in [3.05, 3.63) is 0 Å². The van der Waals surface area contributed by atoms with E-state index in [1.54, 1.807) is 0 Å². The standard InChI is InChI=1S/C11H24.C10H22.C9H20.C7H16/c1-8(2)10(9(3)4)11(5,6)7;1-7(2)10(8(3)4)9(5)6;1-6-9(7(2)3)8(4)5;1-6(2)5-7(3)4/h8-10H,1-7H3;7-10H,1-6H3;7-9H,6H2,1-5H3;6-7H,5H2,1-4H3. The first-order valence-electron chi connectivity index (χ1n) is 16.4. The Morgan fingerprint density at radius 3 is 0.676 bits per heavy atom. The maximum atomic E-state index is 2.34. The summed E-state index contributed by atoms with van der Waals surface area (Å²) in [6.45, 7) is 50.9. The molecule has 230 valence electrons. The second kappa shape index (κ2) is 22.8. The lowest BCUT2D eigenvalue weighted by molar-refractivity contribution is 0.124. The van der Waals surface area contributed by atoms with Crippen LogP contribution in [0.5, 0.6) is 0 Å². The zero-order chi connectivity index (χ0) is 30.8. The Bertz CT molecular complexity index is 412. The summed E-state index contributed by atoms with van der Waals surface area (Å²) in [5.74, 6) is 10.2. The van der Waals surface area contributed by atoms with E-state index in [1.165, 1.54) is 12.8 Å². The summed E-state index contributed by atoms with van der Waals surface area (Å²) in [6, 6.07) is 0. The van der Waals surface area contributed by atoms with Gasteiger partial charge in [-0.25, -0.2) is 0 Å². The van der Waals surface area contributed by atoms with Crippen LogP contribution in [0.25, 0.3) is 0 Å². The van der Waals surface area contributed by atoms with Crippen molar-refractivity contribution in [2.45, 2.75) is 165 Å². The first-order valence-corrected chi connectivity index (χ1v) is 16.4. The van der Waals surface area contributed by atoms with Crippen LogP contribution >= 0.6 is 0 Å². The third-order valence-corrected chi connectivity index (χ3v) is 7.87. The molecule has 0 radical (unpaired) electrons. The van der Waals surface area contributed by atoms with Gasteiger partial charge in [0.25, 0.3) is 0 Å². The Labute approximate surface area is 241 Å². The summed E-state index contributed by atoms with van der Waals surface area (Å²) in [5, 5.41) is 0. The van der Waals surface area contributed by atoms with Gasteiger partial charge in [-0.3, -0.25) is 0 Å². The highest BCUT2D eigenvalue weighted by Gasteiger charge is 2.29. The van der Waals surface area contributed by atoms with Crippen LogP contribution < -0.4 is 0 Å². The van der Waals surface area contributed by atoms with Crippen LogP contribution in [0.1, 0.15) is 165 Å². The van der Waals surface area contributed by atoms with Crippen molar-refractivity contribution in [1.82, 2.24) is 0 Å². The minimum absolute atomic E-state index is 0.461. The Kier molecular flexibility index (Phi) is 27.1. The zero-order valence-electron chi connectivity index (χ0n) is 30.8. The van der Waals surface area contributed by atoms with Gasteiger partial charge in [-0.05, 0) is 82.9 Å². The van der Waals surface area contributed by atoms with Crippen LogP contribution in [-0.2, 0) is 0 Å². The Hall–Kier alpha value is 0. The van der Waals surface area contributed by atoms with Crippen molar-refractivity contribution in [3.63, 3.8) is 0 Å². The number of hydrogen-bond acceptors (Lipinski definition) is 0. The molecule has 0 spiro atoms. The third kappa shape index (κ3) is 26.0. The molecular formula is C37H82. The molecule has 0 fully saturated rings. The Morgan fingerprint density at radius 2 is 0.676 bits per heavy atom. The molecule has 0 saturated carbocycles. The predicted molar refractivity (Wildman–Crippen MR) is 178 cm³/mol. The topological polar surface area (TPSA) is 0 Å². The van der Waals surface area contributed by atoms with Crippen molar-refractivity contribution < 1.29 is 0 Å². The normalized spacial score (nSPS) is 12.5. The summed E-state index contributed by atoms with van der Waals surface area (Å²) in [6.07, 6.45) is 2.69. The maximum absolute atomic E-state index is 2.34. The van der Waals surface area contributed by atoms with Crippen molar-refractivity contribution in [3.8, 4) is 0 Å². The van der Waals surface area contributed by atoms with E-state index in [-0.39, 0.29) is 0 Å². The molecule has 0 aliphatic rings. The van der Waals surface area contributed by atoms with Gasteiger partial charge in [-0.1, -0.05) is 159 Å². The second-order valence-corrected chi connectivity index (χ2v) is 16.3. The lowest BCUT2D eigenvalue weighted by Crippen LogP contribution is -2.29. The molecule has 0 unspecified atom stereocenters. The molecule has 37 heavy (non-hydrogen) atoms. The molecule has 0 aliphatic heterocycles. The minimum atomic E-state index is 0.461. The summed E-state index contributed by atoms with van der Waals surface area (Å²) in [7, 11) is 0. The van der Waals surface area contributed by atoms with E-state index in [1.807, 2.05) is 0 Å². The van der Waals surface area contributed by atoms with Gasteiger partial charge in [-0.15, -0.1) is 0 Å². The van der Waals surface area contributed by atoms with Crippen molar-refractivity contribution >= 4 is 0 Å². The fraction of sp³-hybridized carbons (Fsp3) is 1.00. The smallest absolute Gasteiger partial charge is 0.0319 e. The van der Waals surface area contributed by atoms with E-state index >= 15 is 0 Å². The molecule has 0 aromatic carbocycles. The molecule has 0 aliphatic carbocycles. The van der Waals surface area contributed by atoms with E-state index in [9.17, 15) is 0 Å². The average Bonchev–Trinajstić information content (AvgIpc) is 2.58. The first-order chi connectivity index (χ1) is 16.4. The third-order valence-electron chi connectivity index (χ3n) is 7.87. The van der Waals surface area contributed by atoms with Gasteiger partial charge in [0.15, 0.2) is 0 Å². The average molecular weight is 527 g/mol. The first kappa shape index (κ1) is 44.0. The highest BCUT2D eigenvalue weighted by Crippen LogP contribution is 2.37. The molecule has 0 aromatic rings. The van der Waals surface area contributed by atoms with Gasteiger partial charge < -0.3 is 0 Å². The monoisotopic (exact) mass is 527 g/mol. The van der Waals surface area contributed by atoms with E-state index in [4.69, 9.17) is 0 Å². The van der Waals surface area contributed by atoms with Crippen LogP contribution in [0, 0.1) is 76.4 Å². The van der Waals surface area contributed by atoms with Gasteiger partial charge in [0.2, 0.25) is 0 Å². The van der Waals surface area contributed by atoms with Crippen LogP contribution in [-0.4, -0.2) is 0 Å². The largest absolute Gasteiger partial charge is 0.0651 e. The SMILES string of the molecule is CC(C)C(C(C)C)C(C)(C)C.CC(C)C(C(C)C)C(C)C.CC(C)CC(C)C.CCC(C(C)C)C(C)C. The van der Waals surface area contributed by atoms with Gasteiger partial charge in [-0.2, -0.15) is 0 Å². The van der Waals surface area contributed by atoms with Gasteiger partial charge in [0, 0.05) is 0 Å². The van der Waals surface area contributed by atoms with Crippen molar-refractivity contribution in [2.24, 2.45) is 76.4 Å². The van der Waals surface area contributed by atoms with Gasteiger partial charge >= 0.3 is 0 Å². The summed E-state index contributed by atoms with van der Waals surface area (Å²) < 4.78 is 0. The molecule has 0 N–H and O–H groups in total. The molecular weight excluding hydrogens is 444 g/mol. The number of rotatable bonds is 10. The summed E-state index contributed by atoms with van der Waals surface area (Å²) >= 11 is 0. The molecule has 0 aromatic heterocycles. The van der Waals surface area contributed by atoms with E-state index < -0.39 is 0 Å². The molecule has 0 bridgehead atoms. The fourth-order valence-corrected chi connectivity index (χ4v) is 7.73. The van der Waals surface area contributed by atoms with Crippen molar-refractivity contribution in [1.29, 1.82) is 0 Å².